The number of nitriles is 1. The number of benzene rings is 1. The monoisotopic (exact) mass is 171 g/mol. The van der Waals surface area contributed by atoms with Gasteiger partial charge in [-0.15, -0.1) is 0 Å². The van der Waals surface area contributed by atoms with Crippen LogP contribution in [-0.4, -0.2) is 5.78 Å². The molecule has 0 atom stereocenters. The molecule has 0 radical (unpaired) electrons. The van der Waals surface area contributed by atoms with Crippen LogP contribution in [0.25, 0.3) is 0 Å². The van der Waals surface area contributed by atoms with Crippen LogP contribution >= 0.6 is 0 Å². The van der Waals surface area contributed by atoms with Gasteiger partial charge in [-0.05, 0) is 19.1 Å². The van der Waals surface area contributed by atoms with Crippen LogP contribution in [-0.2, 0) is 0 Å². The summed E-state index contributed by atoms with van der Waals surface area (Å²) in [5, 5.41) is 8.23. The Hall–Kier alpha value is -1.88. The molecular weight excluding hydrogens is 162 g/mol. The lowest BCUT2D eigenvalue weighted by Crippen LogP contribution is -1.93. The van der Waals surface area contributed by atoms with E-state index in [-0.39, 0.29) is 5.78 Å². The van der Waals surface area contributed by atoms with Crippen LogP contribution in [0, 0.1) is 18.3 Å². The largest absolute Gasteiger partial charge is 0.289 e. The van der Waals surface area contributed by atoms with Gasteiger partial charge >= 0.3 is 0 Å². The van der Waals surface area contributed by atoms with E-state index in [0.29, 0.717) is 5.56 Å². The van der Waals surface area contributed by atoms with Gasteiger partial charge < -0.3 is 0 Å². The van der Waals surface area contributed by atoms with E-state index in [4.69, 9.17) is 5.26 Å². The minimum atomic E-state index is -0.134. The number of nitrogens with zero attached hydrogens (tertiary/aromatic N) is 1. The van der Waals surface area contributed by atoms with Crippen molar-refractivity contribution in [1.82, 2.24) is 0 Å². The van der Waals surface area contributed by atoms with Crippen molar-refractivity contribution in [2.45, 2.75) is 6.92 Å². The third-order valence-corrected chi connectivity index (χ3v) is 1.61. The third-order valence-electron chi connectivity index (χ3n) is 1.61. The molecule has 0 heterocycles. The van der Waals surface area contributed by atoms with Crippen LogP contribution in [0.3, 0.4) is 0 Å². The zero-order valence-electron chi connectivity index (χ0n) is 7.32. The second-order valence-electron chi connectivity index (χ2n) is 2.70. The van der Waals surface area contributed by atoms with Crippen LogP contribution in [0.1, 0.15) is 15.9 Å². The summed E-state index contributed by atoms with van der Waals surface area (Å²) in [6.45, 7) is 1.92. The molecule has 0 aliphatic carbocycles. The van der Waals surface area contributed by atoms with Gasteiger partial charge in [0.05, 0.1) is 6.07 Å². The molecule has 0 saturated carbocycles. The van der Waals surface area contributed by atoms with Gasteiger partial charge in [0.2, 0.25) is 0 Å². The maximum Gasteiger partial charge on any atom is 0.186 e. The Morgan fingerprint density at radius 1 is 1.54 bits per heavy atom. The van der Waals surface area contributed by atoms with Crippen LogP contribution in [0.5, 0.6) is 0 Å². The maximum atomic E-state index is 11.3. The number of rotatable bonds is 2. The van der Waals surface area contributed by atoms with Crippen LogP contribution in [0.2, 0.25) is 0 Å². The zero-order valence-corrected chi connectivity index (χ0v) is 7.32. The number of allylic oxidation sites excluding steroid dienone is 2. The van der Waals surface area contributed by atoms with Gasteiger partial charge in [0.15, 0.2) is 5.78 Å². The average Bonchev–Trinajstić information content (AvgIpc) is 2.14. The van der Waals surface area contributed by atoms with Crippen molar-refractivity contribution in [3.05, 3.63) is 47.5 Å². The molecule has 0 spiro atoms. The van der Waals surface area contributed by atoms with E-state index >= 15 is 0 Å². The Kier molecular flexibility index (Phi) is 2.99. The first-order valence-electron chi connectivity index (χ1n) is 3.91. The second kappa shape index (κ2) is 4.22. The number of carbonyl (C=O) groups excluding carboxylic acids is 1. The number of ketones is 1. The SMILES string of the molecule is Cc1cccc(C(=O)/C=C/C#N)c1. The van der Waals surface area contributed by atoms with Crippen LogP contribution in [0.4, 0.5) is 0 Å². The second-order valence-corrected chi connectivity index (χ2v) is 2.70. The molecule has 0 N–H and O–H groups in total. The fourth-order valence-corrected chi connectivity index (χ4v) is 1.01. The van der Waals surface area contributed by atoms with Gasteiger partial charge in [-0.25, -0.2) is 0 Å². The highest BCUT2D eigenvalue weighted by molar-refractivity contribution is 6.04. The van der Waals surface area contributed by atoms with E-state index in [1.54, 1.807) is 18.2 Å². The molecule has 0 bridgehead atoms. The van der Waals surface area contributed by atoms with Gasteiger partial charge in [0.1, 0.15) is 0 Å². The Labute approximate surface area is 77.1 Å². The summed E-state index contributed by atoms with van der Waals surface area (Å²) >= 11 is 0. The lowest BCUT2D eigenvalue weighted by Gasteiger charge is -1.95. The molecule has 0 fully saturated rings. The summed E-state index contributed by atoms with van der Waals surface area (Å²) in [6, 6.07) is 9.05. The highest BCUT2D eigenvalue weighted by atomic mass is 16.1. The molecule has 0 aliphatic heterocycles. The zero-order chi connectivity index (χ0) is 9.68. The third kappa shape index (κ3) is 2.57. The van der Waals surface area contributed by atoms with Crippen LogP contribution in [0.15, 0.2) is 36.4 Å². The highest BCUT2D eigenvalue weighted by Crippen LogP contribution is 2.05. The summed E-state index contributed by atoms with van der Waals surface area (Å²) in [6.07, 6.45) is 2.46. The molecule has 0 amide bonds. The predicted octanol–water partition coefficient (Wildman–Crippen LogP) is 2.26. The first kappa shape index (κ1) is 9.21. The maximum absolute atomic E-state index is 11.3. The normalized spacial score (nSPS) is 9.85. The van der Waals surface area contributed by atoms with E-state index in [1.807, 2.05) is 19.1 Å². The predicted molar refractivity (Wildman–Crippen MR) is 50.3 cm³/mol. The molecule has 64 valence electrons. The van der Waals surface area contributed by atoms with Crippen molar-refractivity contribution >= 4 is 5.78 Å². The average molecular weight is 171 g/mol. The molecule has 2 nitrogen and oxygen atoms in total. The number of hydrogen-bond acceptors (Lipinski definition) is 2. The molecule has 0 aromatic heterocycles. The molecule has 0 aliphatic rings. The van der Waals surface area contributed by atoms with Crippen molar-refractivity contribution in [2.24, 2.45) is 0 Å². The lowest BCUT2D eigenvalue weighted by atomic mass is 10.1. The number of aryl methyl sites for hydroxylation is 1. The summed E-state index contributed by atoms with van der Waals surface area (Å²) in [5.41, 5.74) is 1.66. The van der Waals surface area contributed by atoms with Crippen molar-refractivity contribution in [3.8, 4) is 6.07 Å². The van der Waals surface area contributed by atoms with Crippen LogP contribution < -0.4 is 0 Å². The van der Waals surface area contributed by atoms with Crippen molar-refractivity contribution < 1.29 is 4.79 Å². The Bertz CT molecular complexity index is 385. The Morgan fingerprint density at radius 2 is 2.31 bits per heavy atom. The first-order valence-corrected chi connectivity index (χ1v) is 3.91. The molecule has 1 aromatic carbocycles. The van der Waals surface area contributed by atoms with Gasteiger partial charge in [-0.2, -0.15) is 5.26 Å². The molecule has 13 heavy (non-hydrogen) atoms. The first-order chi connectivity index (χ1) is 6.24. The Morgan fingerprint density at radius 3 is 2.92 bits per heavy atom. The van der Waals surface area contributed by atoms with Gasteiger partial charge in [-0.3, -0.25) is 4.79 Å². The number of carbonyl (C=O) groups is 1. The van der Waals surface area contributed by atoms with Crippen molar-refractivity contribution in [1.29, 1.82) is 5.26 Å². The van der Waals surface area contributed by atoms with E-state index in [1.165, 1.54) is 12.2 Å². The van der Waals surface area contributed by atoms with Gasteiger partial charge in [0, 0.05) is 11.6 Å². The molecule has 2 heteroatoms. The lowest BCUT2D eigenvalue weighted by molar-refractivity contribution is 0.104. The fourth-order valence-electron chi connectivity index (χ4n) is 1.01. The van der Waals surface area contributed by atoms with Crippen molar-refractivity contribution in [2.75, 3.05) is 0 Å². The minimum absolute atomic E-state index is 0.134. The molecule has 0 unspecified atom stereocenters. The molecule has 1 rings (SSSR count). The van der Waals surface area contributed by atoms with E-state index in [0.717, 1.165) is 5.56 Å². The minimum Gasteiger partial charge on any atom is -0.289 e. The van der Waals surface area contributed by atoms with Crippen molar-refractivity contribution in [3.63, 3.8) is 0 Å². The van der Waals surface area contributed by atoms with Gasteiger partial charge in [0.25, 0.3) is 0 Å². The summed E-state index contributed by atoms with van der Waals surface area (Å²) in [7, 11) is 0. The summed E-state index contributed by atoms with van der Waals surface area (Å²) in [4.78, 5) is 11.3. The molecule has 0 saturated heterocycles. The quantitative estimate of drug-likeness (QED) is 0.389. The topological polar surface area (TPSA) is 40.9 Å². The summed E-state index contributed by atoms with van der Waals surface area (Å²) < 4.78 is 0. The molecule has 1 aromatic rings. The standard InChI is InChI=1S/C11H9NO/c1-9-4-2-5-10(8-9)11(13)6-3-7-12/h2-6,8H,1H3/b6-3+. The number of hydrogen-bond donors (Lipinski definition) is 0. The fraction of sp³-hybridized carbons (Fsp3) is 0.0909. The highest BCUT2D eigenvalue weighted by Gasteiger charge is 1.99. The van der Waals surface area contributed by atoms with E-state index in [2.05, 4.69) is 0 Å². The smallest absolute Gasteiger partial charge is 0.186 e. The molecular formula is C11H9NO. The Balaban J connectivity index is 2.91. The van der Waals surface area contributed by atoms with Gasteiger partial charge in [-0.1, -0.05) is 23.8 Å². The van der Waals surface area contributed by atoms with E-state index < -0.39 is 0 Å². The van der Waals surface area contributed by atoms with E-state index in [9.17, 15) is 4.79 Å². The summed E-state index contributed by atoms with van der Waals surface area (Å²) in [5.74, 6) is -0.134.